The summed E-state index contributed by atoms with van der Waals surface area (Å²) in [6.07, 6.45) is 8.57. The topological polar surface area (TPSA) is 32.3 Å². The molecule has 1 fully saturated rings. The number of nitrogens with one attached hydrogen (secondary N) is 1. The van der Waals surface area contributed by atoms with Crippen LogP contribution in [0.4, 0.5) is 0 Å². The van der Waals surface area contributed by atoms with Crippen LogP contribution in [0.25, 0.3) is 0 Å². The van der Waals surface area contributed by atoms with E-state index < -0.39 is 0 Å². The van der Waals surface area contributed by atoms with Crippen LogP contribution in [-0.4, -0.2) is 37.5 Å². The fourth-order valence-electron chi connectivity index (χ4n) is 1.66. The van der Waals surface area contributed by atoms with Crippen molar-refractivity contribution in [1.29, 1.82) is 0 Å². The summed E-state index contributed by atoms with van der Waals surface area (Å²) in [5.74, 6) is 0.0832. The molecule has 0 atom stereocenters. The molecule has 14 heavy (non-hydrogen) atoms. The summed E-state index contributed by atoms with van der Waals surface area (Å²) in [7, 11) is 1.67. The van der Waals surface area contributed by atoms with E-state index in [1.807, 2.05) is 6.08 Å². The van der Waals surface area contributed by atoms with Gasteiger partial charge in [-0.15, -0.1) is 0 Å². The van der Waals surface area contributed by atoms with Gasteiger partial charge in [0.2, 0.25) is 5.91 Å². The third kappa shape index (κ3) is 4.42. The molecule has 1 rings (SSSR count). The SMILES string of the molecule is CNC(=O)C/C=C/CN1CCCCC1. The Kier molecular flexibility index (Phi) is 5.30. The first-order chi connectivity index (χ1) is 6.83. The molecule has 0 aromatic rings. The molecule has 0 bridgehead atoms. The van der Waals surface area contributed by atoms with Crippen molar-refractivity contribution in [1.82, 2.24) is 10.2 Å². The van der Waals surface area contributed by atoms with Gasteiger partial charge < -0.3 is 5.32 Å². The Balaban J connectivity index is 2.09. The molecular formula is C11H20N2O. The lowest BCUT2D eigenvalue weighted by molar-refractivity contribution is -0.119. The summed E-state index contributed by atoms with van der Waals surface area (Å²) in [5.41, 5.74) is 0. The monoisotopic (exact) mass is 196 g/mol. The maximum atomic E-state index is 10.9. The van der Waals surface area contributed by atoms with Crippen molar-refractivity contribution in [2.45, 2.75) is 25.7 Å². The number of amides is 1. The van der Waals surface area contributed by atoms with Gasteiger partial charge in [-0.1, -0.05) is 18.6 Å². The summed E-state index contributed by atoms with van der Waals surface area (Å²) in [6, 6.07) is 0. The van der Waals surface area contributed by atoms with Crippen LogP contribution in [0.1, 0.15) is 25.7 Å². The quantitative estimate of drug-likeness (QED) is 0.684. The molecule has 0 unspecified atom stereocenters. The number of hydrogen-bond donors (Lipinski definition) is 1. The molecule has 1 N–H and O–H groups in total. The highest BCUT2D eigenvalue weighted by Gasteiger charge is 2.07. The smallest absolute Gasteiger partial charge is 0.223 e. The van der Waals surface area contributed by atoms with E-state index in [-0.39, 0.29) is 5.91 Å². The lowest BCUT2D eigenvalue weighted by atomic mass is 10.1. The summed E-state index contributed by atoms with van der Waals surface area (Å²) >= 11 is 0. The fourth-order valence-corrected chi connectivity index (χ4v) is 1.66. The minimum absolute atomic E-state index is 0.0832. The normalized spacial score (nSPS) is 18.6. The van der Waals surface area contributed by atoms with E-state index in [1.165, 1.54) is 32.4 Å². The highest BCUT2D eigenvalue weighted by Crippen LogP contribution is 2.07. The summed E-state index contributed by atoms with van der Waals surface area (Å²) in [5, 5.41) is 2.60. The second-order valence-electron chi connectivity index (χ2n) is 3.71. The van der Waals surface area contributed by atoms with Gasteiger partial charge in [0.25, 0.3) is 0 Å². The molecule has 0 radical (unpaired) electrons. The Hall–Kier alpha value is -0.830. The number of carbonyl (C=O) groups excluding carboxylic acids is 1. The van der Waals surface area contributed by atoms with Crippen LogP contribution in [0, 0.1) is 0 Å². The van der Waals surface area contributed by atoms with Gasteiger partial charge >= 0.3 is 0 Å². The van der Waals surface area contributed by atoms with Crippen LogP contribution in [-0.2, 0) is 4.79 Å². The van der Waals surface area contributed by atoms with Gasteiger partial charge in [0.15, 0.2) is 0 Å². The minimum atomic E-state index is 0.0832. The largest absolute Gasteiger partial charge is 0.359 e. The Morgan fingerprint density at radius 2 is 2.00 bits per heavy atom. The number of piperidine rings is 1. The zero-order valence-corrected chi connectivity index (χ0v) is 8.96. The molecule has 0 aromatic heterocycles. The predicted molar refractivity (Wildman–Crippen MR) is 58.1 cm³/mol. The second-order valence-corrected chi connectivity index (χ2v) is 3.71. The predicted octanol–water partition coefficient (Wildman–Crippen LogP) is 1.16. The van der Waals surface area contributed by atoms with Crippen molar-refractivity contribution in [3.63, 3.8) is 0 Å². The van der Waals surface area contributed by atoms with E-state index in [9.17, 15) is 4.79 Å². The van der Waals surface area contributed by atoms with Crippen molar-refractivity contribution in [3.8, 4) is 0 Å². The van der Waals surface area contributed by atoms with Crippen molar-refractivity contribution in [3.05, 3.63) is 12.2 Å². The zero-order chi connectivity index (χ0) is 10.2. The van der Waals surface area contributed by atoms with Crippen LogP contribution >= 0.6 is 0 Å². The number of likely N-dealkylation sites (tertiary alicyclic amines) is 1. The van der Waals surface area contributed by atoms with Gasteiger partial charge in [0, 0.05) is 20.0 Å². The molecule has 3 heteroatoms. The first kappa shape index (κ1) is 11.2. The van der Waals surface area contributed by atoms with Crippen molar-refractivity contribution < 1.29 is 4.79 Å². The van der Waals surface area contributed by atoms with E-state index in [0.29, 0.717) is 6.42 Å². The number of nitrogens with zero attached hydrogens (tertiary/aromatic N) is 1. The minimum Gasteiger partial charge on any atom is -0.359 e. The lowest BCUT2D eigenvalue weighted by Gasteiger charge is -2.24. The van der Waals surface area contributed by atoms with Crippen LogP contribution in [0.15, 0.2) is 12.2 Å². The van der Waals surface area contributed by atoms with Crippen LogP contribution in [0.5, 0.6) is 0 Å². The van der Waals surface area contributed by atoms with Crippen molar-refractivity contribution in [2.24, 2.45) is 0 Å². The van der Waals surface area contributed by atoms with E-state index in [0.717, 1.165) is 6.54 Å². The van der Waals surface area contributed by atoms with E-state index in [4.69, 9.17) is 0 Å². The summed E-state index contributed by atoms with van der Waals surface area (Å²) < 4.78 is 0. The second kappa shape index (κ2) is 6.60. The molecule has 80 valence electrons. The number of rotatable bonds is 4. The molecule has 0 aliphatic carbocycles. The van der Waals surface area contributed by atoms with Crippen LogP contribution in [0.2, 0.25) is 0 Å². The third-order valence-corrected chi connectivity index (χ3v) is 2.56. The highest BCUT2D eigenvalue weighted by atomic mass is 16.1. The number of hydrogen-bond acceptors (Lipinski definition) is 2. The van der Waals surface area contributed by atoms with Gasteiger partial charge in [-0.3, -0.25) is 9.69 Å². The first-order valence-corrected chi connectivity index (χ1v) is 5.41. The van der Waals surface area contributed by atoms with Gasteiger partial charge in [-0.05, 0) is 25.9 Å². The Morgan fingerprint density at radius 3 is 2.64 bits per heavy atom. The third-order valence-electron chi connectivity index (χ3n) is 2.56. The molecule has 1 saturated heterocycles. The molecule has 1 aliphatic heterocycles. The molecule has 3 nitrogen and oxygen atoms in total. The molecule has 0 aromatic carbocycles. The van der Waals surface area contributed by atoms with E-state index in [2.05, 4.69) is 16.3 Å². The molecule has 1 amide bonds. The van der Waals surface area contributed by atoms with Crippen molar-refractivity contribution in [2.75, 3.05) is 26.7 Å². The first-order valence-electron chi connectivity index (χ1n) is 5.41. The Labute approximate surface area is 86.2 Å². The van der Waals surface area contributed by atoms with E-state index >= 15 is 0 Å². The highest BCUT2D eigenvalue weighted by molar-refractivity contribution is 5.76. The van der Waals surface area contributed by atoms with Gasteiger partial charge in [-0.2, -0.15) is 0 Å². The average Bonchev–Trinajstić information content (AvgIpc) is 2.25. The van der Waals surface area contributed by atoms with Gasteiger partial charge in [-0.25, -0.2) is 0 Å². The molecule has 0 saturated carbocycles. The Bertz CT molecular complexity index is 195. The zero-order valence-electron chi connectivity index (χ0n) is 8.96. The molecule has 1 heterocycles. The molecule has 1 aliphatic rings. The average molecular weight is 196 g/mol. The van der Waals surface area contributed by atoms with Crippen LogP contribution in [0.3, 0.4) is 0 Å². The summed E-state index contributed by atoms with van der Waals surface area (Å²) in [4.78, 5) is 13.3. The number of carbonyl (C=O) groups is 1. The maximum Gasteiger partial charge on any atom is 0.223 e. The summed E-state index contributed by atoms with van der Waals surface area (Å²) in [6.45, 7) is 3.42. The van der Waals surface area contributed by atoms with Crippen LogP contribution < -0.4 is 5.32 Å². The van der Waals surface area contributed by atoms with Gasteiger partial charge in [0.05, 0.1) is 0 Å². The lowest BCUT2D eigenvalue weighted by Crippen LogP contribution is -2.29. The Morgan fingerprint density at radius 1 is 1.29 bits per heavy atom. The van der Waals surface area contributed by atoms with Gasteiger partial charge in [0.1, 0.15) is 0 Å². The fraction of sp³-hybridized carbons (Fsp3) is 0.727. The van der Waals surface area contributed by atoms with Crippen molar-refractivity contribution >= 4 is 5.91 Å². The molecule has 0 spiro atoms. The standard InChI is InChI=1S/C11H20N2O/c1-12-11(14)7-3-6-10-13-8-4-2-5-9-13/h3,6H,2,4-5,7-10H2,1H3,(H,12,14)/b6-3+. The molecular weight excluding hydrogens is 176 g/mol. The maximum absolute atomic E-state index is 10.9. The van der Waals surface area contributed by atoms with E-state index in [1.54, 1.807) is 7.05 Å².